The van der Waals surface area contributed by atoms with Gasteiger partial charge in [-0.3, -0.25) is 9.97 Å². The molecule has 3 heteroatoms. The van der Waals surface area contributed by atoms with Gasteiger partial charge in [-0.15, -0.1) is 0 Å². The van der Waals surface area contributed by atoms with Gasteiger partial charge in [0.1, 0.15) is 0 Å². The average Bonchev–Trinajstić information content (AvgIpc) is 3.35. The number of hydrogen-bond donors (Lipinski definition) is 0. The summed E-state index contributed by atoms with van der Waals surface area (Å²) >= 11 is 0. The van der Waals surface area contributed by atoms with Gasteiger partial charge in [-0.25, -0.2) is 0 Å². The van der Waals surface area contributed by atoms with E-state index in [1.165, 1.54) is 79.2 Å². The van der Waals surface area contributed by atoms with Gasteiger partial charge < -0.3 is 0 Å². The van der Waals surface area contributed by atoms with E-state index in [9.17, 15) is 0 Å². The van der Waals surface area contributed by atoms with Gasteiger partial charge in [-0.05, 0) is 137 Å². The highest BCUT2D eigenvalue weighted by Gasteiger charge is 2.53. The molecule has 41 heavy (non-hydrogen) atoms. The molecule has 3 heterocycles. The lowest BCUT2D eigenvalue weighted by Gasteiger charge is -2.57. The molecule has 0 amide bonds. The molecule has 0 unspecified atom stereocenters. The third-order valence-corrected chi connectivity index (χ3v) is 15.4. The molecule has 11 rings (SSSR count). The average molecular weight is 557 g/mol. The lowest BCUT2D eigenvalue weighted by Crippen LogP contribution is -2.48. The SMILES string of the molecule is CC1(C)[C@H]2Cc3cc(-c4c5c(c(-c6cc7c(cn6)[C@@H]6C[C@H](C7)C6(C)C)p4-c4ccccc4)CCCC5)ncc3[C@@H]1C2. The molecule has 0 aliphatic heterocycles. The fourth-order valence-corrected chi connectivity index (χ4v) is 12.7. The van der Waals surface area contributed by atoms with E-state index in [2.05, 4.69) is 82.6 Å². The van der Waals surface area contributed by atoms with Crippen molar-refractivity contribution in [2.45, 2.75) is 90.9 Å². The maximum Gasteiger partial charge on any atom is 0.0750 e. The van der Waals surface area contributed by atoms with E-state index in [1.807, 2.05) is 0 Å². The Morgan fingerprint density at radius 3 is 1.63 bits per heavy atom. The summed E-state index contributed by atoms with van der Waals surface area (Å²) < 4.78 is 0. The number of hydrogen-bond acceptors (Lipinski definition) is 2. The Morgan fingerprint density at radius 1 is 0.683 bits per heavy atom. The van der Waals surface area contributed by atoms with Crippen molar-refractivity contribution in [3.8, 4) is 27.3 Å². The summed E-state index contributed by atoms with van der Waals surface area (Å²) in [7, 11) is -0.700. The molecule has 0 N–H and O–H groups in total. The second-order valence-corrected chi connectivity index (χ2v) is 17.2. The molecular formula is C38H41N2P. The van der Waals surface area contributed by atoms with Crippen LogP contribution >= 0.6 is 7.53 Å². The molecule has 2 fully saturated rings. The van der Waals surface area contributed by atoms with Crippen LogP contribution < -0.4 is 0 Å². The molecule has 0 saturated heterocycles. The number of nitrogens with zero attached hydrogens (tertiary/aromatic N) is 2. The van der Waals surface area contributed by atoms with Crippen LogP contribution in [0.4, 0.5) is 0 Å². The number of aromatic nitrogens is 2. The number of benzene rings is 1. The Bertz CT molecular complexity index is 1620. The molecule has 7 aliphatic rings. The number of rotatable bonds is 3. The van der Waals surface area contributed by atoms with Gasteiger partial charge in [0.2, 0.25) is 0 Å². The van der Waals surface area contributed by atoms with Crippen LogP contribution in [0.15, 0.2) is 54.9 Å². The van der Waals surface area contributed by atoms with Crippen molar-refractivity contribution in [3.05, 3.63) is 88.2 Å². The second kappa shape index (κ2) is 8.44. The second-order valence-electron chi connectivity index (χ2n) is 15.1. The topological polar surface area (TPSA) is 25.8 Å². The van der Waals surface area contributed by atoms with Crippen LogP contribution in [0.3, 0.4) is 0 Å². The summed E-state index contributed by atoms with van der Waals surface area (Å²) in [6, 6.07) is 16.4. The van der Waals surface area contributed by atoms with Crippen molar-refractivity contribution >= 4 is 7.53 Å². The molecule has 4 atom stereocenters. The third-order valence-electron chi connectivity index (χ3n) is 12.7. The summed E-state index contributed by atoms with van der Waals surface area (Å²) in [6.07, 6.45) is 14.6. The van der Waals surface area contributed by atoms with Crippen molar-refractivity contribution < 1.29 is 0 Å². The van der Waals surface area contributed by atoms with Crippen LogP contribution in [-0.2, 0) is 25.7 Å². The minimum absolute atomic E-state index is 0.432. The highest BCUT2D eigenvalue weighted by molar-refractivity contribution is 7.63. The zero-order valence-electron chi connectivity index (χ0n) is 25.0. The Labute approximate surface area is 246 Å². The third kappa shape index (κ3) is 3.32. The Kier molecular flexibility index (Phi) is 5.12. The molecule has 7 aliphatic carbocycles. The number of pyridine rings is 2. The Morgan fingerprint density at radius 2 is 1.17 bits per heavy atom. The summed E-state index contributed by atoms with van der Waals surface area (Å²) in [5, 5.41) is 4.54. The molecule has 208 valence electrons. The molecule has 0 radical (unpaired) electrons. The van der Waals surface area contributed by atoms with Gasteiger partial charge >= 0.3 is 0 Å². The van der Waals surface area contributed by atoms with E-state index >= 15 is 0 Å². The van der Waals surface area contributed by atoms with Crippen LogP contribution in [0.5, 0.6) is 0 Å². The Hall–Kier alpha value is -2.70. The Balaban J connectivity index is 1.26. The molecular weight excluding hydrogens is 515 g/mol. The van der Waals surface area contributed by atoms with E-state index < -0.39 is 7.53 Å². The molecule has 4 aromatic rings. The molecule has 2 saturated carbocycles. The zero-order valence-corrected chi connectivity index (χ0v) is 25.9. The fraction of sp³-hybridized carbons (Fsp3) is 0.474. The molecule has 1 aromatic carbocycles. The van der Waals surface area contributed by atoms with Crippen LogP contribution in [-0.4, -0.2) is 9.97 Å². The van der Waals surface area contributed by atoms with Crippen molar-refractivity contribution in [2.75, 3.05) is 0 Å². The quantitative estimate of drug-likeness (QED) is 0.251. The van der Waals surface area contributed by atoms with Gasteiger partial charge in [0.25, 0.3) is 0 Å². The molecule has 3 aromatic heterocycles. The van der Waals surface area contributed by atoms with Crippen LogP contribution in [0.25, 0.3) is 27.3 Å². The first-order chi connectivity index (χ1) is 19.8. The highest BCUT2D eigenvalue weighted by atomic mass is 31.1. The summed E-state index contributed by atoms with van der Waals surface area (Å²) in [4.78, 5) is 10.6. The maximum absolute atomic E-state index is 5.32. The van der Waals surface area contributed by atoms with Crippen LogP contribution in [0, 0.1) is 22.7 Å². The van der Waals surface area contributed by atoms with Crippen molar-refractivity contribution in [2.24, 2.45) is 22.7 Å². The van der Waals surface area contributed by atoms with Gasteiger partial charge in [0.15, 0.2) is 0 Å². The lowest BCUT2D eigenvalue weighted by molar-refractivity contribution is 0.0183. The fourth-order valence-electron chi connectivity index (χ4n) is 9.75. The van der Waals surface area contributed by atoms with E-state index in [4.69, 9.17) is 9.97 Å². The summed E-state index contributed by atoms with van der Waals surface area (Å²) in [5.41, 5.74) is 12.8. The molecule has 2 nitrogen and oxygen atoms in total. The normalized spacial score (nSPS) is 27.6. The summed E-state index contributed by atoms with van der Waals surface area (Å²) in [6.45, 7) is 9.89. The first-order valence-corrected chi connectivity index (χ1v) is 17.5. The predicted octanol–water partition coefficient (Wildman–Crippen LogP) is 10.0. The lowest BCUT2D eigenvalue weighted by atomic mass is 9.47. The minimum atomic E-state index is -0.700. The van der Waals surface area contributed by atoms with E-state index in [1.54, 1.807) is 32.8 Å². The summed E-state index contributed by atoms with van der Waals surface area (Å²) in [5.74, 6) is 3.01. The highest BCUT2D eigenvalue weighted by Crippen LogP contribution is 2.66. The van der Waals surface area contributed by atoms with Gasteiger partial charge in [0, 0.05) is 23.0 Å². The molecule has 0 spiro atoms. The monoisotopic (exact) mass is 556 g/mol. The smallest absolute Gasteiger partial charge is 0.0750 e. The van der Waals surface area contributed by atoms with Crippen molar-refractivity contribution in [1.29, 1.82) is 0 Å². The van der Waals surface area contributed by atoms with Crippen molar-refractivity contribution in [1.82, 2.24) is 9.97 Å². The van der Waals surface area contributed by atoms with Gasteiger partial charge in [-0.1, -0.05) is 65.6 Å². The standard InChI is InChI=1S/C38H41N2P/c1-37(2)24-14-22-16-33(39-20-29(22)31(37)18-24)35-27-12-8-9-13-28(27)36(41(35)26-10-6-5-7-11-26)34-17-23-15-25-19-32(38(25,3)4)30(23)21-40-34/h5-7,10-11,16-17,20-21,24-25,31-32H,8-9,12-15,18-19H2,1-4H3/t24-,25-,31-,32-/m0/s1. The van der Waals surface area contributed by atoms with E-state index in [0.29, 0.717) is 22.7 Å². The van der Waals surface area contributed by atoms with E-state index in [0.717, 1.165) is 11.8 Å². The maximum atomic E-state index is 5.32. The van der Waals surface area contributed by atoms with Crippen LogP contribution in [0.2, 0.25) is 0 Å². The first-order valence-electron chi connectivity index (χ1n) is 16.1. The molecule has 4 bridgehead atoms. The largest absolute Gasteiger partial charge is 0.256 e. The minimum Gasteiger partial charge on any atom is -0.256 e. The van der Waals surface area contributed by atoms with Gasteiger partial charge in [0.05, 0.1) is 11.4 Å². The number of fused-ring (bicyclic) bond motifs is 1. The van der Waals surface area contributed by atoms with Crippen LogP contribution in [0.1, 0.15) is 98.6 Å². The van der Waals surface area contributed by atoms with Gasteiger partial charge in [-0.2, -0.15) is 0 Å². The first kappa shape index (κ1) is 24.9. The zero-order chi connectivity index (χ0) is 27.7. The van der Waals surface area contributed by atoms with E-state index in [-0.39, 0.29) is 0 Å². The van der Waals surface area contributed by atoms with Crippen molar-refractivity contribution in [3.63, 3.8) is 0 Å². The predicted molar refractivity (Wildman–Crippen MR) is 170 cm³/mol.